The van der Waals surface area contributed by atoms with E-state index < -0.39 is 64.5 Å². The minimum Gasteiger partial charge on any atom is -0.870 e. The molecule has 0 bridgehead atoms. The molecule has 100 heavy (non-hydrogen) atoms. The van der Waals surface area contributed by atoms with Crippen molar-refractivity contribution in [1.29, 1.82) is 0 Å². The third-order valence-corrected chi connectivity index (χ3v) is 13.2. The Morgan fingerprint density at radius 1 is 0.570 bits per heavy atom. The molecule has 0 spiro atoms. The number of carboxylic acids is 1. The van der Waals surface area contributed by atoms with Crippen LogP contribution in [-0.2, 0) is 125 Å². The van der Waals surface area contributed by atoms with Gasteiger partial charge in [-0.25, -0.2) is 29.0 Å². The molecule has 5 aliphatic heterocycles. The molecular formula is C67H124AlLi2O29Pd-. The second-order valence-electron chi connectivity index (χ2n) is 23.8. The zero-order chi connectivity index (χ0) is 74.4. The summed E-state index contributed by atoms with van der Waals surface area (Å²) in [6.07, 6.45) is 17.1. The second kappa shape index (κ2) is 70.1. The number of hydrogen-bond donors (Lipinski definition) is 5. The van der Waals surface area contributed by atoms with Crippen LogP contribution in [0.4, 0.5) is 0 Å². The van der Waals surface area contributed by atoms with E-state index >= 15 is 0 Å². The first-order valence-electron chi connectivity index (χ1n) is 31.4. The number of carboxylic acid groups (broad SMARTS) is 1. The maximum atomic E-state index is 11.6. The van der Waals surface area contributed by atoms with Crippen LogP contribution in [0.25, 0.3) is 0 Å². The SMILES string of the molecule is C=CC=C.CC(=O)C1(CO)CCCCO1.CC(C)(C)OOC(C)(C)C.CC(C)(C)[O][AlH].CC1CCCO1.CCOC(=O)C(=O)C(C)=O.CCOC(=O)C1(C(C)=O)CC=CCO1.CCOC(=O)C1(C(C)=O)CCCCO1.CCOC(C)=O.O.O=C(O)C1(CO)CCCCO1.OO.[CH3-].[Li+].[Li].[OH-].[Pd]. The van der Waals surface area contributed by atoms with Gasteiger partial charge in [0, 0.05) is 91.6 Å². The van der Waals surface area contributed by atoms with Crippen LogP contribution in [0, 0.1) is 7.43 Å². The van der Waals surface area contributed by atoms with E-state index in [2.05, 4.69) is 29.6 Å². The Balaban J connectivity index is -0.0000000866. The summed E-state index contributed by atoms with van der Waals surface area (Å²) in [4.78, 5) is 119. The van der Waals surface area contributed by atoms with E-state index in [1.165, 1.54) is 57.2 Å². The van der Waals surface area contributed by atoms with Crippen molar-refractivity contribution in [2.45, 2.75) is 254 Å². The second-order valence-corrected chi connectivity index (χ2v) is 24.0. The van der Waals surface area contributed by atoms with Crippen LogP contribution < -0.4 is 18.9 Å². The first-order valence-corrected chi connectivity index (χ1v) is 31.9. The maximum Gasteiger partial charge on any atom is 1.00 e. The average Bonchev–Trinajstić information content (AvgIpc) is 0.854. The topological polar surface area (TPSA) is 444 Å². The average molecular weight is 1540 g/mol. The normalized spacial score (nSPS) is 20.1. The van der Waals surface area contributed by atoms with E-state index in [0.717, 1.165) is 52.1 Å². The van der Waals surface area contributed by atoms with Gasteiger partial charge in [-0.1, -0.05) is 37.5 Å². The fourth-order valence-corrected chi connectivity index (χ4v) is 7.08. The predicted octanol–water partition coefficient (Wildman–Crippen LogP) is 4.50. The number of carbonyl (C=O) groups excluding carboxylic acids is 9. The van der Waals surface area contributed by atoms with Gasteiger partial charge in [0.05, 0.1) is 63.6 Å². The molecule has 8 N–H and O–H groups in total. The Hall–Kier alpha value is -3.25. The summed E-state index contributed by atoms with van der Waals surface area (Å²) in [5.74, 6) is -5.97. The largest absolute Gasteiger partial charge is 1.00 e. The summed E-state index contributed by atoms with van der Waals surface area (Å²) >= 11 is 1.54. The zero-order valence-corrected chi connectivity index (χ0v) is 67.2. The Bertz CT molecular complexity index is 2140. The number of allylic oxidation sites excluding steroid dienone is 2. The number of esters is 4. The molecule has 0 aromatic carbocycles. The molecule has 0 amide bonds. The van der Waals surface area contributed by atoms with Gasteiger partial charge < -0.3 is 80.1 Å². The molecule has 5 rings (SSSR count). The quantitative estimate of drug-likeness (QED) is 0.0136. The zero-order valence-electron chi connectivity index (χ0n) is 64.3. The number of aliphatic carboxylic acids is 1. The molecule has 0 aliphatic carbocycles. The van der Waals surface area contributed by atoms with Crippen LogP contribution in [0.1, 0.15) is 209 Å². The maximum absolute atomic E-state index is 11.6. The molecule has 2 radical (unpaired) electrons. The van der Waals surface area contributed by atoms with Crippen molar-refractivity contribution in [3.8, 4) is 0 Å². The first-order chi connectivity index (χ1) is 43.6. The number of ether oxygens (including phenoxy) is 9. The minimum absolute atomic E-state index is 0. The molecule has 5 unspecified atom stereocenters. The molecule has 0 saturated carbocycles. The van der Waals surface area contributed by atoms with Crippen molar-refractivity contribution >= 4 is 94.2 Å². The molecular weight excluding hydrogens is 1420 g/mol. The van der Waals surface area contributed by atoms with E-state index in [1.54, 1.807) is 52.0 Å². The summed E-state index contributed by atoms with van der Waals surface area (Å²) < 4.78 is 49.3. The van der Waals surface area contributed by atoms with E-state index in [0.29, 0.717) is 51.8 Å². The van der Waals surface area contributed by atoms with Crippen molar-refractivity contribution in [2.24, 2.45) is 0 Å². The van der Waals surface area contributed by atoms with Crippen LogP contribution in [0.2, 0.25) is 0 Å². The van der Waals surface area contributed by atoms with Crippen molar-refractivity contribution in [1.82, 2.24) is 0 Å². The number of Topliss-reactive ketones (excluding diaryl/α,β-unsaturated/α-hetero) is 5. The van der Waals surface area contributed by atoms with Crippen molar-refractivity contribution in [3.05, 3.63) is 44.9 Å². The van der Waals surface area contributed by atoms with Crippen LogP contribution in [0.5, 0.6) is 0 Å². The summed E-state index contributed by atoms with van der Waals surface area (Å²) in [6.45, 7) is 43.3. The first kappa shape index (κ1) is 123. The van der Waals surface area contributed by atoms with Crippen LogP contribution >= 0.6 is 0 Å². The number of aliphatic hydroxyl groups is 2. The van der Waals surface area contributed by atoms with Crippen molar-refractivity contribution < 1.29 is 180 Å². The van der Waals surface area contributed by atoms with Gasteiger partial charge in [-0.05, 0) is 188 Å². The smallest absolute Gasteiger partial charge is 0.870 e. The molecule has 0 aromatic rings. The molecule has 33 heteroatoms. The number of carbonyl (C=O) groups is 10. The van der Waals surface area contributed by atoms with Crippen LogP contribution in [0.15, 0.2) is 37.5 Å². The molecule has 5 aliphatic rings. The van der Waals surface area contributed by atoms with Gasteiger partial charge in [-0.3, -0.25) is 39.3 Å². The van der Waals surface area contributed by atoms with Crippen molar-refractivity contribution in [2.75, 3.05) is 72.7 Å². The third kappa shape index (κ3) is 61.1. The number of hydrogen-bond acceptors (Lipinski definition) is 27. The van der Waals surface area contributed by atoms with Crippen LogP contribution in [-0.4, -0.2) is 249 Å². The Morgan fingerprint density at radius 3 is 1.14 bits per heavy atom. The summed E-state index contributed by atoms with van der Waals surface area (Å²) in [7, 11) is 0. The van der Waals surface area contributed by atoms with E-state index in [-0.39, 0.29) is 156 Å². The molecule has 29 nitrogen and oxygen atoms in total. The Kier molecular flexibility index (Phi) is 86.5. The Labute approximate surface area is 641 Å². The Morgan fingerprint density at radius 2 is 0.950 bits per heavy atom. The van der Waals surface area contributed by atoms with E-state index in [1.807, 2.05) is 62.3 Å². The van der Waals surface area contributed by atoms with Gasteiger partial charge in [0.15, 0.2) is 23.0 Å². The van der Waals surface area contributed by atoms with Crippen LogP contribution in [0.3, 0.4) is 0 Å². The van der Waals surface area contributed by atoms with Gasteiger partial charge in [0.1, 0.15) is 5.60 Å². The standard InChI is InChI=1S/C10H16O4.C10H14O4.C8H14O3.C8H18O2.C7H12O4.C6H8O4.C5H10O.C4H8O2.C4H9O.C4H6.CH3.Al.2Li.H2O2.2H2O.Pd.H/c2*1-3-13-9(12)10(8(2)11)6-4-5-7-14-10;1-7(10)8(6-9)4-2-3-5-11-8;1-7(2,3)9-10-8(4,5)6;8-5-7(6(9)10)3-1-2-4-11-7;1-3-10-6(9)5(8)4(2)7;1-5-3-2-4-6-5;1-3-6-4(2)5;1-4(2,3)5;1-3-4-2;;;;;1-2;;;;/h3-7H2,1-2H3;4-5H,3,6-7H2,1-2H3;9H,2-6H2,1H3;1-6H3;8H,1-5H2,(H,9,10);3H2,1-2H3;5H,2-4H2,1H3;3H2,1-2H3;1-3H3;3-4H,1-2H2;1H3;;;;1-2H;2*1H2;;/q;;;;;;;;-1;;-1;+1;;+1;;;;;/p-1. The van der Waals surface area contributed by atoms with Gasteiger partial charge >= 0.3 is 71.1 Å². The molecule has 4 fully saturated rings. The molecule has 5 heterocycles. The number of rotatable bonds is 16. The van der Waals surface area contributed by atoms with Crippen molar-refractivity contribution in [3.63, 3.8) is 0 Å². The number of ketones is 5. The van der Waals surface area contributed by atoms with Gasteiger partial charge in [0.2, 0.25) is 17.0 Å². The van der Waals surface area contributed by atoms with E-state index in [4.69, 9.17) is 72.6 Å². The van der Waals surface area contributed by atoms with Gasteiger partial charge in [0.25, 0.3) is 0 Å². The predicted molar refractivity (Wildman–Crippen MR) is 369 cm³/mol. The summed E-state index contributed by atoms with van der Waals surface area (Å²) in [6, 6.07) is 0. The minimum atomic E-state index is -1.40. The molecule has 5 atom stereocenters. The molecule has 4 saturated heterocycles. The fourth-order valence-electron chi connectivity index (χ4n) is 7.08. The number of aliphatic hydroxyl groups excluding tert-OH is 2. The summed E-state index contributed by atoms with van der Waals surface area (Å²) in [5, 5.41) is 38.5. The van der Waals surface area contributed by atoms with Gasteiger partial charge in [-0.2, -0.15) is 0 Å². The molecule has 0 aromatic heterocycles. The monoisotopic (exact) mass is 1540 g/mol. The fraction of sp³-hybridized carbons (Fsp3) is 0.746. The van der Waals surface area contributed by atoms with Gasteiger partial charge in [-0.15, -0.1) is 0 Å². The molecule has 582 valence electrons. The summed E-state index contributed by atoms with van der Waals surface area (Å²) in [5.41, 5.74) is -5.26. The van der Waals surface area contributed by atoms with E-state index in [9.17, 15) is 47.9 Å². The third-order valence-electron chi connectivity index (χ3n) is 12.3.